The van der Waals surface area contributed by atoms with E-state index in [4.69, 9.17) is 9.84 Å². The minimum Gasteiger partial charge on any atom is -0.496 e. The van der Waals surface area contributed by atoms with Crippen LogP contribution in [0.15, 0.2) is 48.5 Å². The molecule has 0 unspecified atom stereocenters. The van der Waals surface area contributed by atoms with Crippen molar-refractivity contribution in [2.75, 3.05) is 13.7 Å². The van der Waals surface area contributed by atoms with Crippen molar-refractivity contribution in [3.8, 4) is 16.9 Å². The summed E-state index contributed by atoms with van der Waals surface area (Å²) < 4.78 is 5.47. The summed E-state index contributed by atoms with van der Waals surface area (Å²) in [5.74, 6) is 0.865. The normalized spacial score (nSPS) is 12.2. The first-order valence-corrected chi connectivity index (χ1v) is 6.81. The monoisotopic (exact) mass is 271 g/mol. The molecule has 0 saturated carbocycles. The molecule has 0 amide bonds. The molecular weight excluding hydrogens is 250 g/mol. The van der Waals surface area contributed by atoms with Crippen molar-refractivity contribution in [1.29, 1.82) is 0 Å². The molecule has 0 spiro atoms. The van der Waals surface area contributed by atoms with E-state index >= 15 is 0 Å². The summed E-state index contributed by atoms with van der Waals surface area (Å²) in [6, 6.07) is 16.5. The Balaban J connectivity index is 2.20. The van der Waals surface area contributed by atoms with E-state index in [1.807, 2.05) is 25.1 Å². The Kier molecular flexibility index (Phi) is 5.16. The highest BCUT2D eigenvalue weighted by molar-refractivity contribution is 5.66. The minimum absolute atomic E-state index is 0.0773. The number of methoxy groups -OCH3 is 1. The SMILES string of the molecule is COc1cc(-c2ccccc2)ccc1CN[C@H](C)CO. The van der Waals surface area contributed by atoms with Gasteiger partial charge in [-0.3, -0.25) is 0 Å². The van der Waals surface area contributed by atoms with Crippen LogP contribution in [-0.4, -0.2) is 24.9 Å². The van der Waals surface area contributed by atoms with Gasteiger partial charge in [0.15, 0.2) is 0 Å². The van der Waals surface area contributed by atoms with Gasteiger partial charge in [0, 0.05) is 18.2 Å². The number of nitrogens with one attached hydrogen (secondary N) is 1. The van der Waals surface area contributed by atoms with Gasteiger partial charge in [0.2, 0.25) is 0 Å². The van der Waals surface area contributed by atoms with Crippen molar-refractivity contribution in [3.05, 3.63) is 54.1 Å². The van der Waals surface area contributed by atoms with Crippen molar-refractivity contribution in [2.45, 2.75) is 19.5 Å². The van der Waals surface area contributed by atoms with Gasteiger partial charge in [0.25, 0.3) is 0 Å². The first-order chi connectivity index (χ1) is 9.74. The van der Waals surface area contributed by atoms with E-state index in [-0.39, 0.29) is 12.6 Å². The number of ether oxygens (including phenoxy) is 1. The molecule has 0 aliphatic carbocycles. The Hall–Kier alpha value is -1.84. The molecule has 0 bridgehead atoms. The number of hydrogen-bond donors (Lipinski definition) is 2. The molecule has 1 atom stereocenters. The predicted molar refractivity (Wildman–Crippen MR) is 81.8 cm³/mol. The summed E-state index contributed by atoms with van der Waals surface area (Å²) in [6.07, 6.45) is 0. The van der Waals surface area contributed by atoms with E-state index in [0.717, 1.165) is 16.9 Å². The maximum Gasteiger partial charge on any atom is 0.123 e. The first-order valence-electron chi connectivity index (χ1n) is 6.81. The molecule has 0 aromatic heterocycles. The van der Waals surface area contributed by atoms with Crippen LogP contribution in [0.5, 0.6) is 5.75 Å². The quantitative estimate of drug-likeness (QED) is 0.849. The van der Waals surface area contributed by atoms with Gasteiger partial charge in [0.1, 0.15) is 5.75 Å². The predicted octanol–water partition coefficient (Wildman–Crippen LogP) is 2.83. The number of hydrogen-bond acceptors (Lipinski definition) is 3. The lowest BCUT2D eigenvalue weighted by molar-refractivity contribution is 0.250. The number of aliphatic hydroxyl groups excluding tert-OH is 1. The molecule has 2 N–H and O–H groups in total. The first kappa shape index (κ1) is 14.6. The third kappa shape index (κ3) is 3.59. The fourth-order valence-electron chi connectivity index (χ4n) is 2.05. The fraction of sp³-hybridized carbons (Fsp3) is 0.294. The Labute approximate surface area is 120 Å². The van der Waals surface area contributed by atoms with Gasteiger partial charge >= 0.3 is 0 Å². The third-order valence-electron chi connectivity index (χ3n) is 3.31. The summed E-state index contributed by atoms with van der Waals surface area (Å²) in [5, 5.41) is 12.3. The lowest BCUT2D eigenvalue weighted by atomic mass is 10.0. The zero-order valence-electron chi connectivity index (χ0n) is 12.0. The van der Waals surface area contributed by atoms with E-state index in [0.29, 0.717) is 6.54 Å². The lowest BCUT2D eigenvalue weighted by Crippen LogP contribution is -2.28. The van der Waals surface area contributed by atoms with Crippen molar-refractivity contribution in [3.63, 3.8) is 0 Å². The van der Waals surface area contributed by atoms with E-state index in [1.54, 1.807) is 7.11 Å². The second-order valence-electron chi connectivity index (χ2n) is 4.86. The molecule has 0 fully saturated rings. The molecule has 0 radical (unpaired) electrons. The molecule has 0 heterocycles. The van der Waals surface area contributed by atoms with Gasteiger partial charge in [-0.05, 0) is 24.1 Å². The van der Waals surface area contributed by atoms with Gasteiger partial charge in [-0.15, -0.1) is 0 Å². The Morgan fingerprint density at radius 2 is 1.85 bits per heavy atom. The largest absolute Gasteiger partial charge is 0.496 e. The van der Waals surface area contributed by atoms with Crippen LogP contribution >= 0.6 is 0 Å². The molecule has 3 nitrogen and oxygen atoms in total. The summed E-state index contributed by atoms with van der Waals surface area (Å²) in [4.78, 5) is 0. The molecule has 106 valence electrons. The minimum atomic E-state index is 0.0773. The Bertz CT molecular complexity index is 540. The number of rotatable bonds is 6. The fourth-order valence-corrected chi connectivity index (χ4v) is 2.05. The molecule has 20 heavy (non-hydrogen) atoms. The van der Waals surface area contributed by atoms with Crippen LogP contribution in [-0.2, 0) is 6.54 Å². The molecule has 2 aromatic rings. The lowest BCUT2D eigenvalue weighted by Gasteiger charge is -2.14. The molecule has 0 aliphatic rings. The number of aliphatic hydroxyl groups is 1. The summed E-state index contributed by atoms with van der Waals surface area (Å²) in [5.41, 5.74) is 3.41. The second kappa shape index (κ2) is 7.08. The molecular formula is C17H21NO2. The molecule has 2 rings (SSSR count). The topological polar surface area (TPSA) is 41.5 Å². The standard InChI is InChI=1S/C17H21NO2/c1-13(12-19)18-11-16-9-8-15(10-17(16)20-2)14-6-4-3-5-7-14/h3-10,13,18-19H,11-12H2,1-2H3/t13-/m1/s1. The van der Waals surface area contributed by atoms with E-state index < -0.39 is 0 Å². The van der Waals surface area contributed by atoms with E-state index in [9.17, 15) is 0 Å². The van der Waals surface area contributed by atoms with Gasteiger partial charge < -0.3 is 15.2 Å². The second-order valence-corrected chi connectivity index (χ2v) is 4.86. The number of benzene rings is 2. The van der Waals surface area contributed by atoms with Crippen LogP contribution in [0.4, 0.5) is 0 Å². The zero-order valence-corrected chi connectivity index (χ0v) is 12.0. The van der Waals surface area contributed by atoms with Gasteiger partial charge in [-0.25, -0.2) is 0 Å². The molecule has 0 saturated heterocycles. The summed E-state index contributed by atoms with van der Waals surface area (Å²) >= 11 is 0. The van der Waals surface area contributed by atoms with Crippen molar-refractivity contribution in [1.82, 2.24) is 5.32 Å². The van der Waals surface area contributed by atoms with E-state index in [2.05, 4.69) is 35.6 Å². The molecule has 0 aliphatic heterocycles. The molecule has 2 aromatic carbocycles. The Morgan fingerprint density at radius 1 is 1.10 bits per heavy atom. The van der Waals surface area contributed by atoms with Crippen molar-refractivity contribution < 1.29 is 9.84 Å². The van der Waals surface area contributed by atoms with Crippen LogP contribution in [0.1, 0.15) is 12.5 Å². The summed E-state index contributed by atoms with van der Waals surface area (Å²) in [7, 11) is 1.68. The zero-order chi connectivity index (χ0) is 14.4. The van der Waals surface area contributed by atoms with Crippen LogP contribution < -0.4 is 10.1 Å². The average Bonchev–Trinajstić information content (AvgIpc) is 2.53. The van der Waals surface area contributed by atoms with Crippen LogP contribution in [0, 0.1) is 0 Å². The molecule has 3 heteroatoms. The van der Waals surface area contributed by atoms with Crippen LogP contribution in [0.2, 0.25) is 0 Å². The van der Waals surface area contributed by atoms with Gasteiger partial charge in [-0.2, -0.15) is 0 Å². The highest BCUT2D eigenvalue weighted by atomic mass is 16.5. The van der Waals surface area contributed by atoms with Crippen LogP contribution in [0.3, 0.4) is 0 Å². The van der Waals surface area contributed by atoms with Gasteiger partial charge in [-0.1, -0.05) is 42.5 Å². The highest BCUT2D eigenvalue weighted by Gasteiger charge is 2.07. The maximum absolute atomic E-state index is 9.04. The third-order valence-corrected chi connectivity index (χ3v) is 3.31. The highest BCUT2D eigenvalue weighted by Crippen LogP contribution is 2.27. The Morgan fingerprint density at radius 3 is 2.50 bits per heavy atom. The van der Waals surface area contributed by atoms with Gasteiger partial charge in [0.05, 0.1) is 13.7 Å². The smallest absolute Gasteiger partial charge is 0.123 e. The summed E-state index contributed by atoms with van der Waals surface area (Å²) in [6.45, 7) is 2.76. The average molecular weight is 271 g/mol. The van der Waals surface area contributed by atoms with Crippen molar-refractivity contribution in [2.24, 2.45) is 0 Å². The maximum atomic E-state index is 9.04. The van der Waals surface area contributed by atoms with Crippen molar-refractivity contribution >= 4 is 0 Å². The van der Waals surface area contributed by atoms with Crippen LogP contribution in [0.25, 0.3) is 11.1 Å². The van der Waals surface area contributed by atoms with E-state index in [1.165, 1.54) is 5.56 Å².